The van der Waals surface area contributed by atoms with E-state index >= 15 is 0 Å². The number of hydrogen-bond donors (Lipinski definition) is 0. The lowest BCUT2D eigenvalue weighted by molar-refractivity contribution is -0.167. The lowest BCUT2D eigenvalue weighted by Crippen LogP contribution is -2.30. The molecule has 0 aromatic carbocycles. The summed E-state index contributed by atoms with van der Waals surface area (Å²) in [6, 6.07) is 0. The van der Waals surface area contributed by atoms with Crippen molar-refractivity contribution < 1.29 is 28.6 Å². The van der Waals surface area contributed by atoms with Crippen LogP contribution in [0.3, 0.4) is 0 Å². The van der Waals surface area contributed by atoms with E-state index in [0.717, 1.165) is 148 Å². The van der Waals surface area contributed by atoms with E-state index in [-0.39, 0.29) is 31.1 Å². The number of hydrogen-bond acceptors (Lipinski definition) is 6. The molecule has 0 N–H and O–H groups in total. The Kier molecular flexibility index (Phi) is 58.3. The van der Waals surface area contributed by atoms with Gasteiger partial charge in [-0.2, -0.15) is 0 Å². The minimum absolute atomic E-state index is 0.0899. The van der Waals surface area contributed by atoms with E-state index < -0.39 is 6.10 Å². The van der Waals surface area contributed by atoms with Crippen LogP contribution < -0.4 is 0 Å². The maximum atomic E-state index is 12.9. The summed E-state index contributed by atoms with van der Waals surface area (Å²) in [6.07, 6.45) is 83.8. The summed E-state index contributed by atoms with van der Waals surface area (Å²) in [5, 5.41) is 0. The van der Waals surface area contributed by atoms with E-state index in [9.17, 15) is 14.4 Å². The van der Waals surface area contributed by atoms with Gasteiger partial charge in [0.15, 0.2) is 6.10 Å². The average molecular weight is 1030 g/mol. The second-order valence-corrected chi connectivity index (χ2v) is 20.2. The van der Waals surface area contributed by atoms with Gasteiger partial charge in [-0.15, -0.1) is 0 Å². The van der Waals surface area contributed by atoms with E-state index in [1.807, 2.05) is 0 Å². The molecular formula is C68H114O6. The Morgan fingerprint density at radius 3 is 0.824 bits per heavy atom. The van der Waals surface area contributed by atoms with Crippen molar-refractivity contribution in [3.63, 3.8) is 0 Å². The molecule has 0 amide bonds. The molecule has 422 valence electrons. The van der Waals surface area contributed by atoms with Crippen LogP contribution in [0.2, 0.25) is 0 Å². The number of carbonyl (C=O) groups excluding carboxylic acids is 3. The van der Waals surface area contributed by atoms with Crippen molar-refractivity contribution in [2.45, 2.75) is 290 Å². The van der Waals surface area contributed by atoms with Gasteiger partial charge in [-0.05, 0) is 116 Å². The van der Waals surface area contributed by atoms with Gasteiger partial charge in [0.25, 0.3) is 0 Å². The van der Waals surface area contributed by atoms with Gasteiger partial charge in [-0.3, -0.25) is 14.4 Å². The molecule has 0 aromatic heterocycles. The molecule has 0 aliphatic heterocycles. The summed E-state index contributed by atoms with van der Waals surface area (Å²) in [5.74, 6) is -0.917. The van der Waals surface area contributed by atoms with Crippen molar-refractivity contribution in [2.75, 3.05) is 13.2 Å². The minimum atomic E-state index is -0.795. The van der Waals surface area contributed by atoms with Gasteiger partial charge in [0, 0.05) is 19.3 Å². The molecule has 0 bridgehead atoms. The topological polar surface area (TPSA) is 78.9 Å². The molecule has 0 saturated carbocycles. The monoisotopic (exact) mass is 1030 g/mol. The molecule has 0 rings (SSSR count). The highest BCUT2D eigenvalue weighted by atomic mass is 16.6. The summed E-state index contributed by atoms with van der Waals surface area (Å²) in [4.78, 5) is 38.2. The number of unbranched alkanes of at least 4 members (excludes halogenated alkanes) is 26. The molecule has 0 heterocycles. The van der Waals surface area contributed by atoms with Crippen LogP contribution in [0.15, 0.2) is 109 Å². The van der Waals surface area contributed by atoms with Crippen LogP contribution in [-0.2, 0) is 28.6 Å². The van der Waals surface area contributed by atoms with Crippen molar-refractivity contribution >= 4 is 17.9 Å². The van der Waals surface area contributed by atoms with E-state index in [1.165, 1.54) is 96.3 Å². The summed E-state index contributed by atoms with van der Waals surface area (Å²) in [7, 11) is 0. The largest absolute Gasteiger partial charge is 0.462 e. The summed E-state index contributed by atoms with van der Waals surface area (Å²) in [6.45, 7) is 6.36. The molecular weight excluding hydrogens is 913 g/mol. The van der Waals surface area contributed by atoms with Gasteiger partial charge in [0.2, 0.25) is 0 Å². The van der Waals surface area contributed by atoms with Gasteiger partial charge in [0.1, 0.15) is 13.2 Å². The van der Waals surface area contributed by atoms with Crippen LogP contribution >= 0.6 is 0 Å². The van der Waals surface area contributed by atoms with Crippen molar-refractivity contribution in [3.8, 4) is 0 Å². The highest BCUT2D eigenvalue weighted by Crippen LogP contribution is 2.16. The third-order valence-electron chi connectivity index (χ3n) is 13.0. The maximum Gasteiger partial charge on any atom is 0.306 e. The molecule has 1 unspecified atom stereocenters. The highest BCUT2D eigenvalue weighted by molar-refractivity contribution is 5.71. The first kappa shape index (κ1) is 70.1. The van der Waals surface area contributed by atoms with E-state index in [1.54, 1.807) is 0 Å². The zero-order chi connectivity index (χ0) is 53.6. The Bertz CT molecular complexity index is 1510. The normalized spacial score (nSPS) is 12.9. The number of rotatable bonds is 55. The van der Waals surface area contributed by atoms with Gasteiger partial charge in [0.05, 0.1) is 0 Å². The van der Waals surface area contributed by atoms with Crippen molar-refractivity contribution in [1.29, 1.82) is 0 Å². The number of esters is 3. The lowest BCUT2D eigenvalue weighted by atomic mass is 10.0. The lowest BCUT2D eigenvalue weighted by Gasteiger charge is -2.18. The average Bonchev–Trinajstić information content (AvgIpc) is 3.40. The zero-order valence-electron chi connectivity index (χ0n) is 48.3. The first-order valence-corrected chi connectivity index (χ1v) is 30.9. The molecule has 6 heteroatoms. The molecule has 74 heavy (non-hydrogen) atoms. The van der Waals surface area contributed by atoms with E-state index in [4.69, 9.17) is 14.2 Å². The Balaban J connectivity index is 4.29. The number of allylic oxidation sites excluding steroid dienone is 18. The fourth-order valence-corrected chi connectivity index (χ4v) is 8.41. The SMILES string of the molecule is CC/C=C\C/C=C\C/C=C\C/C=C\CCCCCCCCCCCCCCCCC(=O)OCC(COC(=O)CCCCCCC/C=C\C/C=C\CCCC)OC(=O)CCCCCCC/C=C\C/C=C\C/C=C\CC. The standard InChI is InChI=1S/C68H114O6/c1-4-7-10-13-16-19-22-25-28-29-30-31-32-33-34-35-36-37-38-39-41-43-46-49-52-55-58-61-67(70)73-64-65(63-72-66(69)60-57-54-51-48-45-42-27-24-21-18-15-12-9-6-3)74-68(71)62-59-56-53-50-47-44-40-26-23-20-17-14-11-8-5-2/h7-8,10-11,15-20,24-28,30-31,40,65H,4-6,9,12-14,21-23,29,32-39,41-64H2,1-3H3/b10-7-,11-8-,18-15-,19-16-,20-17-,27-24-,28-25-,31-30-,40-26-. The third-order valence-corrected chi connectivity index (χ3v) is 13.0. The minimum Gasteiger partial charge on any atom is -0.462 e. The molecule has 0 aliphatic carbocycles. The second kappa shape index (κ2) is 61.6. The van der Waals surface area contributed by atoms with Crippen LogP contribution in [0, 0.1) is 0 Å². The Morgan fingerprint density at radius 2 is 0.527 bits per heavy atom. The summed E-state index contributed by atoms with van der Waals surface area (Å²) in [5.41, 5.74) is 0. The Labute approximate surface area is 457 Å². The first-order chi connectivity index (χ1) is 36.5. The Morgan fingerprint density at radius 1 is 0.284 bits per heavy atom. The van der Waals surface area contributed by atoms with Gasteiger partial charge in [-0.1, -0.05) is 259 Å². The maximum absolute atomic E-state index is 12.9. The van der Waals surface area contributed by atoms with Gasteiger partial charge < -0.3 is 14.2 Å². The van der Waals surface area contributed by atoms with Crippen molar-refractivity contribution in [2.24, 2.45) is 0 Å². The molecule has 0 aliphatic rings. The van der Waals surface area contributed by atoms with E-state index in [0.29, 0.717) is 19.3 Å². The van der Waals surface area contributed by atoms with Gasteiger partial charge in [-0.25, -0.2) is 0 Å². The quantitative estimate of drug-likeness (QED) is 0.0261. The molecule has 0 spiro atoms. The Hall–Kier alpha value is -3.93. The zero-order valence-corrected chi connectivity index (χ0v) is 48.3. The predicted octanol–water partition coefficient (Wildman–Crippen LogP) is 21.0. The van der Waals surface area contributed by atoms with E-state index in [2.05, 4.69) is 130 Å². The third kappa shape index (κ3) is 59.0. The molecule has 0 radical (unpaired) electrons. The molecule has 0 aromatic rings. The van der Waals surface area contributed by atoms with Crippen LogP contribution in [0.4, 0.5) is 0 Å². The smallest absolute Gasteiger partial charge is 0.306 e. The summed E-state index contributed by atoms with van der Waals surface area (Å²) >= 11 is 0. The fourth-order valence-electron chi connectivity index (χ4n) is 8.41. The molecule has 6 nitrogen and oxygen atoms in total. The van der Waals surface area contributed by atoms with Crippen LogP contribution in [0.5, 0.6) is 0 Å². The molecule has 1 atom stereocenters. The van der Waals surface area contributed by atoms with Crippen LogP contribution in [0.25, 0.3) is 0 Å². The van der Waals surface area contributed by atoms with Crippen molar-refractivity contribution in [3.05, 3.63) is 109 Å². The molecule has 0 saturated heterocycles. The van der Waals surface area contributed by atoms with Crippen molar-refractivity contribution in [1.82, 2.24) is 0 Å². The number of carbonyl (C=O) groups is 3. The van der Waals surface area contributed by atoms with Crippen LogP contribution in [-0.4, -0.2) is 37.2 Å². The first-order valence-electron chi connectivity index (χ1n) is 30.9. The number of ether oxygens (including phenoxy) is 3. The van der Waals surface area contributed by atoms with Gasteiger partial charge >= 0.3 is 17.9 Å². The predicted molar refractivity (Wildman–Crippen MR) is 320 cm³/mol. The van der Waals surface area contributed by atoms with Crippen LogP contribution in [0.1, 0.15) is 284 Å². The molecule has 0 fully saturated rings. The highest BCUT2D eigenvalue weighted by Gasteiger charge is 2.19. The summed E-state index contributed by atoms with van der Waals surface area (Å²) < 4.78 is 16.9. The fraction of sp³-hybridized carbons (Fsp3) is 0.691. The second-order valence-electron chi connectivity index (χ2n) is 20.2.